The van der Waals surface area contributed by atoms with Gasteiger partial charge in [-0.05, 0) is 50.3 Å². The van der Waals surface area contributed by atoms with Crippen LogP contribution in [0, 0.1) is 17.7 Å². The molecule has 7 nitrogen and oxygen atoms in total. The van der Waals surface area contributed by atoms with E-state index in [2.05, 4.69) is 15.2 Å². The summed E-state index contributed by atoms with van der Waals surface area (Å²) in [6, 6.07) is 5.45. The van der Waals surface area contributed by atoms with Crippen LogP contribution in [0.1, 0.15) is 42.1 Å². The Balaban J connectivity index is 1.44. The number of pyridine rings is 1. The van der Waals surface area contributed by atoms with Crippen LogP contribution < -0.4 is 4.74 Å². The lowest BCUT2D eigenvalue weighted by Gasteiger charge is -2.42. The van der Waals surface area contributed by atoms with Crippen molar-refractivity contribution in [1.82, 2.24) is 24.9 Å². The molecule has 2 aliphatic rings. The predicted octanol–water partition coefficient (Wildman–Crippen LogP) is 4.42. The summed E-state index contributed by atoms with van der Waals surface area (Å²) in [6.45, 7) is 1.80. The number of halogens is 5. The molecule has 1 saturated heterocycles. The number of hydrogen-bond donors (Lipinski definition) is 0. The number of carbonyl (C=O) groups is 1. The van der Waals surface area contributed by atoms with Crippen molar-refractivity contribution in [2.24, 2.45) is 5.92 Å². The Morgan fingerprint density at radius 2 is 1.91 bits per heavy atom. The topological polar surface area (TPSA) is 73.1 Å². The monoisotopic (exact) mass is 493 g/mol. The zero-order valence-electron chi connectivity index (χ0n) is 18.5. The van der Waals surface area contributed by atoms with Crippen molar-refractivity contribution in [1.29, 1.82) is 0 Å². The van der Waals surface area contributed by atoms with Crippen LogP contribution in [0.25, 0.3) is 5.69 Å². The van der Waals surface area contributed by atoms with Gasteiger partial charge in [0.15, 0.2) is 5.82 Å². The number of benzene rings is 1. The van der Waals surface area contributed by atoms with Gasteiger partial charge in [-0.3, -0.25) is 4.79 Å². The molecule has 0 N–H and O–H groups in total. The first-order valence-electron chi connectivity index (χ1n) is 11.0. The summed E-state index contributed by atoms with van der Waals surface area (Å²) < 4.78 is 72.8. The number of nitrogens with zero attached hydrogens (tertiary/aromatic N) is 5. The highest BCUT2D eigenvalue weighted by Crippen LogP contribution is 2.51. The van der Waals surface area contributed by atoms with Crippen molar-refractivity contribution in [3.8, 4) is 11.6 Å². The quantitative estimate of drug-likeness (QED) is 0.389. The highest BCUT2D eigenvalue weighted by molar-refractivity contribution is 5.98. The minimum atomic E-state index is -4.87. The Morgan fingerprint density at radius 3 is 2.60 bits per heavy atom. The van der Waals surface area contributed by atoms with Gasteiger partial charge in [0, 0.05) is 12.1 Å². The zero-order valence-corrected chi connectivity index (χ0v) is 18.5. The van der Waals surface area contributed by atoms with Crippen LogP contribution in [0.15, 0.2) is 42.7 Å². The van der Waals surface area contributed by atoms with Crippen LogP contribution in [-0.4, -0.2) is 49.0 Å². The number of aromatic nitrogens is 4. The van der Waals surface area contributed by atoms with Gasteiger partial charge >= 0.3 is 6.18 Å². The van der Waals surface area contributed by atoms with Crippen molar-refractivity contribution in [2.75, 3.05) is 6.61 Å². The average molecular weight is 493 g/mol. The molecule has 1 aliphatic heterocycles. The number of piperidine rings is 1. The van der Waals surface area contributed by atoms with Crippen LogP contribution in [0.3, 0.4) is 0 Å². The van der Waals surface area contributed by atoms with Gasteiger partial charge in [0.05, 0.1) is 23.5 Å². The van der Waals surface area contributed by atoms with Crippen LogP contribution in [0.2, 0.25) is 0 Å². The molecule has 1 aromatic carbocycles. The molecule has 1 aliphatic carbocycles. The zero-order chi connectivity index (χ0) is 25.0. The second-order valence-electron chi connectivity index (χ2n) is 8.87. The molecule has 1 saturated carbocycles. The highest BCUT2D eigenvalue weighted by Gasteiger charge is 2.57. The molecule has 2 aromatic heterocycles. The molecule has 5 rings (SSSR count). The number of likely N-dealkylation sites (tertiary alicyclic amines) is 1. The van der Waals surface area contributed by atoms with Gasteiger partial charge in [0.25, 0.3) is 5.91 Å². The van der Waals surface area contributed by atoms with Crippen molar-refractivity contribution >= 4 is 5.91 Å². The molecule has 3 unspecified atom stereocenters. The first kappa shape index (κ1) is 23.2. The van der Waals surface area contributed by atoms with E-state index < -0.39 is 35.0 Å². The van der Waals surface area contributed by atoms with E-state index in [0.29, 0.717) is 18.9 Å². The van der Waals surface area contributed by atoms with Gasteiger partial charge in [0.2, 0.25) is 11.8 Å². The number of hydrogen-bond acceptors (Lipinski definition) is 5. The number of alkyl halides is 3. The van der Waals surface area contributed by atoms with Gasteiger partial charge in [0.1, 0.15) is 17.9 Å². The van der Waals surface area contributed by atoms with E-state index in [1.54, 1.807) is 4.90 Å². The van der Waals surface area contributed by atoms with E-state index in [9.17, 15) is 26.7 Å². The highest BCUT2D eigenvalue weighted by atomic mass is 19.4. The number of para-hydroxylation sites is 1. The van der Waals surface area contributed by atoms with Crippen LogP contribution in [0.5, 0.6) is 5.88 Å². The SMILES string of the molecule is CC1C2CCC(COc3ccc(C(F)(F)F)c(F)n3)(C2)N1C(=O)c1cccc(F)c1-n1nccn1. The van der Waals surface area contributed by atoms with Crippen LogP contribution >= 0.6 is 0 Å². The standard InChI is InChI=1S/C23H20F5N5O2/c1-13-14-7-8-22(11-14,12-35-18-6-5-16(20(25)31-18)23(26,27)28)32(13)21(34)15-3-2-4-17(24)19(15)33-29-9-10-30-33/h2-6,9-10,13-14H,7-8,11-12H2,1H3. The minimum absolute atomic E-state index is 0.0682. The first-order chi connectivity index (χ1) is 16.6. The Morgan fingerprint density at radius 1 is 1.17 bits per heavy atom. The third-order valence-electron chi connectivity index (χ3n) is 6.90. The van der Waals surface area contributed by atoms with Gasteiger partial charge in [-0.15, -0.1) is 4.80 Å². The fourth-order valence-corrected chi connectivity index (χ4v) is 5.29. The summed E-state index contributed by atoms with van der Waals surface area (Å²) in [5.74, 6) is -2.94. The van der Waals surface area contributed by atoms with Crippen LogP contribution in [-0.2, 0) is 6.18 Å². The smallest absolute Gasteiger partial charge is 0.420 e. The third-order valence-corrected chi connectivity index (χ3v) is 6.90. The molecular formula is C23H20F5N5O2. The Bertz CT molecular complexity index is 1270. The number of rotatable bonds is 5. The van der Waals surface area contributed by atoms with Gasteiger partial charge < -0.3 is 9.64 Å². The first-order valence-corrected chi connectivity index (χ1v) is 11.0. The maximum Gasteiger partial charge on any atom is 0.420 e. The summed E-state index contributed by atoms with van der Waals surface area (Å²) >= 11 is 0. The Kier molecular flexibility index (Phi) is 5.48. The van der Waals surface area contributed by atoms with E-state index >= 15 is 0 Å². The molecule has 184 valence electrons. The fraction of sp³-hybridized carbons (Fsp3) is 0.391. The number of ether oxygens (including phenoxy) is 1. The summed E-state index contributed by atoms with van der Waals surface area (Å²) in [5, 5.41) is 7.91. The Labute approximate surface area is 196 Å². The van der Waals surface area contributed by atoms with Gasteiger partial charge in [-0.2, -0.15) is 32.7 Å². The van der Waals surface area contributed by atoms with Crippen molar-refractivity contribution < 1.29 is 31.5 Å². The minimum Gasteiger partial charge on any atom is -0.475 e. The van der Waals surface area contributed by atoms with Crippen molar-refractivity contribution in [3.05, 3.63) is 65.6 Å². The van der Waals surface area contributed by atoms with E-state index in [1.807, 2.05) is 6.92 Å². The molecule has 2 bridgehead atoms. The molecule has 1 amide bonds. The largest absolute Gasteiger partial charge is 0.475 e. The van der Waals surface area contributed by atoms with E-state index in [-0.39, 0.29) is 35.7 Å². The second kappa shape index (κ2) is 8.28. The average Bonchev–Trinajstić information content (AvgIpc) is 3.53. The van der Waals surface area contributed by atoms with Crippen molar-refractivity contribution in [3.63, 3.8) is 0 Å². The molecular weight excluding hydrogens is 473 g/mol. The molecule has 3 aromatic rings. The lowest BCUT2D eigenvalue weighted by Crippen LogP contribution is -2.55. The van der Waals surface area contributed by atoms with Crippen molar-refractivity contribution in [2.45, 2.75) is 43.9 Å². The molecule has 12 heteroatoms. The summed E-state index contributed by atoms with van der Waals surface area (Å²) in [6.07, 6.45) is -0.155. The maximum absolute atomic E-state index is 14.7. The summed E-state index contributed by atoms with van der Waals surface area (Å²) in [5.41, 5.74) is -2.30. The van der Waals surface area contributed by atoms with Gasteiger partial charge in [-0.1, -0.05) is 6.07 Å². The predicted molar refractivity (Wildman–Crippen MR) is 112 cm³/mol. The molecule has 3 heterocycles. The maximum atomic E-state index is 14.7. The number of carbonyl (C=O) groups excluding carboxylic acids is 1. The third kappa shape index (κ3) is 3.90. The normalized spacial score (nSPS) is 23.7. The van der Waals surface area contributed by atoms with Gasteiger partial charge in [-0.25, -0.2) is 4.39 Å². The van der Waals surface area contributed by atoms with Crippen LogP contribution in [0.4, 0.5) is 22.0 Å². The second-order valence-corrected chi connectivity index (χ2v) is 8.87. The molecule has 2 fully saturated rings. The van der Waals surface area contributed by atoms with E-state index in [1.165, 1.54) is 30.6 Å². The fourth-order valence-electron chi connectivity index (χ4n) is 5.29. The molecule has 3 atom stereocenters. The number of fused-ring (bicyclic) bond motifs is 2. The lowest BCUT2D eigenvalue weighted by molar-refractivity contribution is -0.140. The summed E-state index contributed by atoms with van der Waals surface area (Å²) in [4.78, 5) is 19.8. The molecule has 35 heavy (non-hydrogen) atoms. The van der Waals surface area contributed by atoms with E-state index in [4.69, 9.17) is 4.74 Å². The molecule has 0 spiro atoms. The summed E-state index contributed by atoms with van der Waals surface area (Å²) in [7, 11) is 0. The number of amides is 1. The van der Waals surface area contributed by atoms with E-state index in [0.717, 1.165) is 17.3 Å². The Hall–Kier alpha value is -3.57. The molecule has 0 radical (unpaired) electrons. The lowest BCUT2D eigenvalue weighted by atomic mass is 9.94.